The number of carbonyl (C=O) groups is 1. The molecule has 4 fully saturated rings. The number of ether oxygens (including phenoxy) is 1. The molecule has 20 heavy (non-hydrogen) atoms. The Morgan fingerprint density at radius 2 is 1.80 bits per heavy atom. The molecular formula is C15H24N2O3. The SMILES string of the molecule is CC(C)(C)OC(=O)NC12CC3CC(C1)C(N=O)C(C3)C2. The fourth-order valence-corrected chi connectivity index (χ4v) is 4.84. The fraction of sp³-hybridized carbons (Fsp3) is 0.933. The van der Waals surface area contributed by atoms with Gasteiger partial charge in [0.25, 0.3) is 0 Å². The first kappa shape index (κ1) is 13.8. The minimum atomic E-state index is -0.473. The Bertz CT molecular complexity index is 413. The third-order valence-corrected chi connectivity index (χ3v) is 5.11. The van der Waals surface area contributed by atoms with E-state index in [-0.39, 0.29) is 17.7 Å². The van der Waals surface area contributed by atoms with Crippen molar-refractivity contribution in [1.82, 2.24) is 5.32 Å². The number of nitrogens with zero attached hydrogens (tertiary/aromatic N) is 1. The van der Waals surface area contributed by atoms with Gasteiger partial charge in [-0.1, -0.05) is 5.18 Å². The molecule has 0 heterocycles. The highest BCUT2D eigenvalue weighted by Crippen LogP contribution is 2.56. The van der Waals surface area contributed by atoms with Crippen molar-refractivity contribution in [3.05, 3.63) is 4.91 Å². The van der Waals surface area contributed by atoms with Crippen LogP contribution >= 0.6 is 0 Å². The van der Waals surface area contributed by atoms with Gasteiger partial charge in [-0.3, -0.25) is 0 Å². The van der Waals surface area contributed by atoms with Crippen LogP contribution in [0.1, 0.15) is 52.9 Å². The monoisotopic (exact) mass is 280 g/mol. The smallest absolute Gasteiger partial charge is 0.408 e. The molecule has 0 aromatic rings. The van der Waals surface area contributed by atoms with Gasteiger partial charge < -0.3 is 10.1 Å². The largest absolute Gasteiger partial charge is 0.444 e. The lowest BCUT2D eigenvalue weighted by molar-refractivity contribution is -0.0396. The van der Waals surface area contributed by atoms with Crippen molar-refractivity contribution in [2.45, 2.75) is 70.1 Å². The van der Waals surface area contributed by atoms with Crippen LogP contribution in [-0.2, 0) is 4.74 Å². The van der Waals surface area contributed by atoms with Gasteiger partial charge in [0, 0.05) is 5.54 Å². The molecule has 1 N–H and O–H groups in total. The molecular weight excluding hydrogens is 256 g/mol. The van der Waals surface area contributed by atoms with Crippen LogP contribution in [-0.4, -0.2) is 23.3 Å². The Kier molecular flexibility index (Phi) is 3.07. The number of hydrogen-bond acceptors (Lipinski definition) is 4. The fourth-order valence-electron chi connectivity index (χ4n) is 4.84. The van der Waals surface area contributed by atoms with Crippen molar-refractivity contribution in [1.29, 1.82) is 0 Å². The predicted molar refractivity (Wildman–Crippen MR) is 75.2 cm³/mol. The molecule has 0 saturated heterocycles. The summed E-state index contributed by atoms with van der Waals surface area (Å²) < 4.78 is 5.39. The zero-order chi connectivity index (χ0) is 14.5. The highest BCUT2D eigenvalue weighted by Gasteiger charge is 2.56. The molecule has 4 saturated carbocycles. The lowest BCUT2D eigenvalue weighted by Crippen LogP contribution is -2.63. The third-order valence-electron chi connectivity index (χ3n) is 5.11. The van der Waals surface area contributed by atoms with E-state index in [4.69, 9.17) is 4.74 Å². The quantitative estimate of drug-likeness (QED) is 0.790. The number of amides is 1. The number of rotatable bonds is 2. The van der Waals surface area contributed by atoms with E-state index in [9.17, 15) is 9.70 Å². The summed E-state index contributed by atoms with van der Waals surface area (Å²) in [7, 11) is 0. The summed E-state index contributed by atoms with van der Waals surface area (Å²) in [5, 5.41) is 6.48. The molecule has 4 bridgehead atoms. The van der Waals surface area contributed by atoms with Gasteiger partial charge in [-0.05, 0) is 70.6 Å². The highest BCUT2D eigenvalue weighted by atomic mass is 16.6. The second-order valence-electron chi connectivity index (χ2n) is 7.97. The maximum absolute atomic E-state index is 12.1. The van der Waals surface area contributed by atoms with Gasteiger partial charge in [0.1, 0.15) is 5.60 Å². The zero-order valence-electron chi connectivity index (χ0n) is 12.5. The summed E-state index contributed by atoms with van der Waals surface area (Å²) in [6.45, 7) is 5.62. The minimum Gasteiger partial charge on any atom is -0.444 e. The first-order chi connectivity index (χ1) is 9.30. The van der Waals surface area contributed by atoms with Crippen molar-refractivity contribution >= 4 is 6.09 Å². The molecule has 2 atom stereocenters. The molecule has 5 nitrogen and oxygen atoms in total. The maximum atomic E-state index is 12.1. The van der Waals surface area contributed by atoms with Crippen molar-refractivity contribution in [2.75, 3.05) is 0 Å². The second-order valence-corrected chi connectivity index (χ2v) is 7.97. The van der Waals surface area contributed by atoms with Gasteiger partial charge in [-0.2, -0.15) is 4.91 Å². The lowest BCUT2D eigenvalue weighted by atomic mass is 9.51. The van der Waals surface area contributed by atoms with Crippen molar-refractivity contribution < 1.29 is 9.53 Å². The number of alkyl carbamates (subject to hydrolysis) is 1. The molecule has 0 radical (unpaired) electrons. The summed E-state index contributed by atoms with van der Waals surface area (Å²) in [6, 6.07) is -0.0277. The van der Waals surface area contributed by atoms with Crippen molar-refractivity contribution in [3.8, 4) is 0 Å². The average molecular weight is 280 g/mol. The molecule has 4 aliphatic carbocycles. The van der Waals surface area contributed by atoms with E-state index in [2.05, 4.69) is 10.5 Å². The third kappa shape index (κ3) is 2.42. The van der Waals surface area contributed by atoms with E-state index in [1.54, 1.807) is 0 Å². The average Bonchev–Trinajstić information content (AvgIpc) is 2.23. The number of nitroso groups, excluding NO2 is 1. The topological polar surface area (TPSA) is 67.8 Å². The molecule has 5 heteroatoms. The normalized spacial score (nSPS) is 42.4. The number of hydrogen-bond donors (Lipinski definition) is 1. The Balaban J connectivity index is 1.71. The number of nitrogens with one attached hydrogen (secondary N) is 1. The zero-order valence-corrected chi connectivity index (χ0v) is 12.5. The molecule has 0 spiro atoms. The Hall–Kier alpha value is -1.13. The van der Waals surface area contributed by atoms with Crippen LogP contribution in [0.4, 0.5) is 4.79 Å². The van der Waals surface area contributed by atoms with E-state index in [1.807, 2.05) is 20.8 Å². The lowest BCUT2D eigenvalue weighted by Gasteiger charge is -2.58. The molecule has 2 unspecified atom stereocenters. The molecule has 112 valence electrons. The standard InChI is InChI=1S/C15H24N2O3/c1-14(2,3)20-13(18)16-15-6-9-4-10(7-15)12(17-19)11(5-9)8-15/h9-12H,4-8H2,1-3H3,(H,16,18). The maximum Gasteiger partial charge on any atom is 0.408 e. The van der Waals surface area contributed by atoms with Crippen LogP contribution in [0.2, 0.25) is 0 Å². The van der Waals surface area contributed by atoms with Crippen molar-refractivity contribution in [3.63, 3.8) is 0 Å². The molecule has 4 aliphatic rings. The molecule has 0 aliphatic heterocycles. The van der Waals surface area contributed by atoms with Crippen molar-refractivity contribution in [2.24, 2.45) is 22.9 Å². The van der Waals surface area contributed by atoms with Gasteiger partial charge in [0.15, 0.2) is 0 Å². The van der Waals surface area contributed by atoms with E-state index >= 15 is 0 Å². The summed E-state index contributed by atoms with van der Waals surface area (Å²) >= 11 is 0. The van der Waals surface area contributed by atoms with E-state index in [0.717, 1.165) is 32.1 Å². The highest BCUT2D eigenvalue weighted by molar-refractivity contribution is 5.69. The van der Waals surface area contributed by atoms with Crippen LogP contribution in [0.15, 0.2) is 5.18 Å². The first-order valence-corrected chi connectivity index (χ1v) is 7.64. The first-order valence-electron chi connectivity index (χ1n) is 7.64. The van der Waals surface area contributed by atoms with Gasteiger partial charge >= 0.3 is 6.09 Å². The predicted octanol–water partition coefficient (Wildman–Crippen LogP) is 3.22. The van der Waals surface area contributed by atoms with Gasteiger partial charge in [-0.25, -0.2) is 4.79 Å². The van der Waals surface area contributed by atoms with Gasteiger partial charge in [0.05, 0.1) is 6.04 Å². The van der Waals surface area contributed by atoms with Crippen LogP contribution in [0, 0.1) is 22.7 Å². The van der Waals surface area contributed by atoms with E-state index in [0.29, 0.717) is 17.8 Å². The molecule has 1 amide bonds. The Morgan fingerprint density at radius 3 is 2.30 bits per heavy atom. The van der Waals surface area contributed by atoms with Crippen LogP contribution in [0.5, 0.6) is 0 Å². The summed E-state index contributed by atoms with van der Waals surface area (Å²) in [5.74, 6) is 1.35. The summed E-state index contributed by atoms with van der Waals surface area (Å²) in [4.78, 5) is 23.1. The Morgan fingerprint density at radius 1 is 1.20 bits per heavy atom. The minimum absolute atomic E-state index is 0.0277. The molecule has 0 aromatic heterocycles. The molecule has 4 rings (SSSR count). The summed E-state index contributed by atoms with van der Waals surface area (Å²) in [6.07, 6.45) is 4.68. The van der Waals surface area contributed by atoms with E-state index in [1.165, 1.54) is 0 Å². The summed E-state index contributed by atoms with van der Waals surface area (Å²) in [5.41, 5.74) is -0.626. The van der Waals surface area contributed by atoms with Gasteiger partial charge in [-0.15, -0.1) is 0 Å². The van der Waals surface area contributed by atoms with Crippen LogP contribution < -0.4 is 5.32 Å². The second kappa shape index (κ2) is 4.43. The Labute approximate surface area is 119 Å². The molecule has 0 aromatic carbocycles. The van der Waals surface area contributed by atoms with Crippen LogP contribution in [0.3, 0.4) is 0 Å². The number of carbonyl (C=O) groups excluding carboxylic acids is 1. The van der Waals surface area contributed by atoms with Gasteiger partial charge in [0.2, 0.25) is 0 Å². The van der Waals surface area contributed by atoms with E-state index < -0.39 is 5.60 Å². The van der Waals surface area contributed by atoms with Crippen LogP contribution in [0.25, 0.3) is 0 Å².